The van der Waals surface area contributed by atoms with Gasteiger partial charge in [0.05, 0.1) is 18.8 Å². The summed E-state index contributed by atoms with van der Waals surface area (Å²) in [6.45, 7) is 5.69. The summed E-state index contributed by atoms with van der Waals surface area (Å²) >= 11 is 0. The van der Waals surface area contributed by atoms with Crippen LogP contribution < -0.4 is 10.1 Å². The van der Waals surface area contributed by atoms with Gasteiger partial charge < -0.3 is 14.8 Å². The first-order chi connectivity index (χ1) is 8.26. The molecule has 0 saturated carbocycles. The van der Waals surface area contributed by atoms with E-state index < -0.39 is 0 Å². The summed E-state index contributed by atoms with van der Waals surface area (Å²) in [7, 11) is 1.98. The van der Waals surface area contributed by atoms with Gasteiger partial charge in [0.2, 0.25) is 0 Å². The van der Waals surface area contributed by atoms with E-state index in [4.69, 9.17) is 9.47 Å². The number of nitrogens with one attached hydrogen (secondary N) is 1. The highest BCUT2D eigenvalue weighted by Gasteiger charge is 2.20. The molecule has 2 rings (SSSR count). The van der Waals surface area contributed by atoms with E-state index in [-0.39, 0.29) is 12.1 Å². The van der Waals surface area contributed by atoms with E-state index in [0.29, 0.717) is 0 Å². The molecule has 0 amide bonds. The third-order valence-corrected chi connectivity index (χ3v) is 3.28. The van der Waals surface area contributed by atoms with Crippen molar-refractivity contribution in [3.63, 3.8) is 0 Å². The monoisotopic (exact) mass is 235 g/mol. The van der Waals surface area contributed by atoms with Crippen LogP contribution in [0.4, 0.5) is 0 Å². The Bertz CT molecular complexity index is 378. The lowest BCUT2D eigenvalue weighted by atomic mass is 9.99. The van der Waals surface area contributed by atoms with Crippen LogP contribution in [0.5, 0.6) is 5.75 Å². The standard InChI is InChI=1S/C14H21NO2/c1-4-16-10(2)14(15-3)12-5-6-13-11(9-12)7-8-17-13/h5-6,9-10,14-15H,4,7-8H2,1-3H3. The average Bonchev–Trinajstić information content (AvgIpc) is 2.77. The Morgan fingerprint density at radius 2 is 2.29 bits per heavy atom. The second kappa shape index (κ2) is 5.52. The maximum Gasteiger partial charge on any atom is 0.122 e. The smallest absolute Gasteiger partial charge is 0.122 e. The molecule has 3 heteroatoms. The van der Waals surface area contributed by atoms with Crippen LogP contribution in [-0.2, 0) is 11.2 Å². The average molecular weight is 235 g/mol. The van der Waals surface area contributed by atoms with Gasteiger partial charge in [-0.05, 0) is 38.1 Å². The van der Waals surface area contributed by atoms with Crippen LogP contribution in [0.2, 0.25) is 0 Å². The molecule has 0 fully saturated rings. The largest absolute Gasteiger partial charge is 0.493 e. The fourth-order valence-corrected chi connectivity index (χ4v) is 2.43. The molecule has 1 aliphatic rings. The lowest BCUT2D eigenvalue weighted by Crippen LogP contribution is -2.29. The van der Waals surface area contributed by atoms with Gasteiger partial charge in [0.15, 0.2) is 0 Å². The molecule has 94 valence electrons. The van der Waals surface area contributed by atoms with Gasteiger partial charge in [-0.1, -0.05) is 12.1 Å². The zero-order valence-electron chi connectivity index (χ0n) is 10.8. The van der Waals surface area contributed by atoms with Crippen molar-refractivity contribution < 1.29 is 9.47 Å². The van der Waals surface area contributed by atoms with Gasteiger partial charge in [0.25, 0.3) is 0 Å². The molecular weight excluding hydrogens is 214 g/mol. The Balaban J connectivity index is 2.19. The summed E-state index contributed by atoms with van der Waals surface area (Å²) in [4.78, 5) is 0. The summed E-state index contributed by atoms with van der Waals surface area (Å²) in [6.07, 6.45) is 1.19. The number of hydrogen-bond donors (Lipinski definition) is 1. The molecule has 0 spiro atoms. The molecule has 2 atom stereocenters. The second-order valence-electron chi connectivity index (χ2n) is 4.39. The van der Waals surface area contributed by atoms with Crippen molar-refractivity contribution in [3.05, 3.63) is 29.3 Å². The maximum absolute atomic E-state index is 5.67. The molecule has 1 heterocycles. The number of fused-ring (bicyclic) bond motifs is 1. The zero-order chi connectivity index (χ0) is 12.3. The van der Waals surface area contributed by atoms with Crippen molar-refractivity contribution in [1.29, 1.82) is 0 Å². The lowest BCUT2D eigenvalue weighted by Gasteiger charge is -2.24. The van der Waals surface area contributed by atoms with Crippen molar-refractivity contribution in [2.45, 2.75) is 32.4 Å². The van der Waals surface area contributed by atoms with E-state index in [0.717, 1.165) is 25.4 Å². The normalized spacial score (nSPS) is 17.4. The number of rotatable bonds is 5. The predicted octanol–water partition coefficient (Wildman–Crippen LogP) is 2.31. The first kappa shape index (κ1) is 12.4. The van der Waals surface area contributed by atoms with Crippen molar-refractivity contribution in [2.24, 2.45) is 0 Å². The fraction of sp³-hybridized carbons (Fsp3) is 0.571. The highest BCUT2D eigenvalue weighted by Crippen LogP contribution is 2.29. The quantitative estimate of drug-likeness (QED) is 0.849. The molecule has 0 aromatic heterocycles. The maximum atomic E-state index is 5.67. The summed E-state index contributed by atoms with van der Waals surface area (Å²) in [6, 6.07) is 6.67. The molecular formula is C14H21NO2. The van der Waals surface area contributed by atoms with Crippen molar-refractivity contribution in [2.75, 3.05) is 20.3 Å². The summed E-state index contributed by atoms with van der Waals surface area (Å²) in [5.41, 5.74) is 2.59. The molecule has 1 N–H and O–H groups in total. The first-order valence-electron chi connectivity index (χ1n) is 6.30. The number of hydrogen-bond acceptors (Lipinski definition) is 3. The van der Waals surface area contributed by atoms with Crippen LogP contribution in [0.3, 0.4) is 0 Å². The van der Waals surface area contributed by atoms with Gasteiger partial charge in [-0.25, -0.2) is 0 Å². The third kappa shape index (κ3) is 2.61. The Morgan fingerprint density at radius 1 is 1.47 bits per heavy atom. The minimum Gasteiger partial charge on any atom is -0.493 e. The van der Waals surface area contributed by atoms with Crippen LogP contribution in [0.15, 0.2) is 18.2 Å². The van der Waals surface area contributed by atoms with Crippen LogP contribution in [-0.4, -0.2) is 26.4 Å². The summed E-state index contributed by atoms with van der Waals surface area (Å²) in [5.74, 6) is 1.03. The number of ether oxygens (including phenoxy) is 2. The van der Waals surface area contributed by atoms with E-state index in [1.807, 2.05) is 14.0 Å². The van der Waals surface area contributed by atoms with Crippen molar-refractivity contribution >= 4 is 0 Å². The fourth-order valence-electron chi connectivity index (χ4n) is 2.43. The van der Waals surface area contributed by atoms with E-state index in [2.05, 4.69) is 30.4 Å². The van der Waals surface area contributed by atoms with Gasteiger partial charge in [0, 0.05) is 13.0 Å². The second-order valence-corrected chi connectivity index (χ2v) is 4.39. The Morgan fingerprint density at radius 3 is 3.00 bits per heavy atom. The summed E-state index contributed by atoms with van der Waals surface area (Å²) < 4.78 is 11.2. The Hall–Kier alpha value is -1.06. The zero-order valence-corrected chi connectivity index (χ0v) is 10.8. The molecule has 1 aliphatic heterocycles. The Kier molecular flexibility index (Phi) is 4.02. The van der Waals surface area contributed by atoms with Crippen LogP contribution in [0, 0.1) is 0 Å². The number of benzene rings is 1. The predicted molar refractivity (Wildman–Crippen MR) is 68.5 cm³/mol. The van der Waals surface area contributed by atoms with Gasteiger partial charge in [-0.15, -0.1) is 0 Å². The molecule has 1 aromatic rings. The van der Waals surface area contributed by atoms with Crippen LogP contribution >= 0.6 is 0 Å². The van der Waals surface area contributed by atoms with E-state index in [9.17, 15) is 0 Å². The Labute approximate surface area is 103 Å². The highest BCUT2D eigenvalue weighted by atomic mass is 16.5. The first-order valence-corrected chi connectivity index (χ1v) is 6.30. The number of likely N-dealkylation sites (N-methyl/N-ethyl adjacent to an activating group) is 1. The van der Waals surface area contributed by atoms with Crippen LogP contribution in [0.25, 0.3) is 0 Å². The molecule has 0 saturated heterocycles. The van der Waals surface area contributed by atoms with Gasteiger partial charge in [-0.3, -0.25) is 0 Å². The molecule has 0 aliphatic carbocycles. The minimum absolute atomic E-state index is 0.172. The SMILES string of the molecule is CCOC(C)C(NC)c1ccc2c(c1)CCO2. The molecule has 3 nitrogen and oxygen atoms in total. The minimum atomic E-state index is 0.172. The highest BCUT2D eigenvalue weighted by molar-refractivity contribution is 5.41. The molecule has 0 bridgehead atoms. The van der Waals surface area contributed by atoms with Crippen molar-refractivity contribution in [3.8, 4) is 5.75 Å². The third-order valence-electron chi connectivity index (χ3n) is 3.28. The molecule has 17 heavy (non-hydrogen) atoms. The van der Waals surface area contributed by atoms with Gasteiger partial charge in [0.1, 0.15) is 5.75 Å². The molecule has 1 aromatic carbocycles. The van der Waals surface area contributed by atoms with Crippen LogP contribution in [0.1, 0.15) is 31.0 Å². The molecule has 0 radical (unpaired) electrons. The van der Waals surface area contributed by atoms with E-state index in [1.54, 1.807) is 0 Å². The summed E-state index contributed by atoms with van der Waals surface area (Å²) in [5, 5.41) is 3.33. The van der Waals surface area contributed by atoms with E-state index >= 15 is 0 Å². The van der Waals surface area contributed by atoms with Gasteiger partial charge >= 0.3 is 0 Å². The van der Waals surface area contributed by atoms with Gasteiger partial charge in [-0.2, -0.15) is 0 Å². The van der Waals surface area contributed by atoms with E-state index in [1.165, 1.54) is 11.1 Å². The lowest BCUT2D eigenvalue weighted by molar-refractivity contribution is 0.0493. The van der Waals surface area contributed by atoms with Crippen molar-refractivity contribution in [1.82, 2.24) is 5.32 Å². The topological polar surface area (TPSA) is 30.5 Å². The molecule has 2 unspecified atom stereocenters.